The van der Waals surface area contributed by atoms with E-state index in [1.165, 1.54) is 47.1 Å². The Kier molecular flexibility index (Phi) is 6.90. The SMILES string of the molecule is Cl.Cl.[BH]=[Zr]([C]1=CCc2ccc3ccccc3c21)([C]1=CCc2ccc3ccccc3c21)[c]1ccccc1. The van der Waals surface area contributed by atoms with Crippen LogP contribution in [0.15, 0.2) is 115 Å². The molecular weight excluding hydrogens is 557 g/mol. The van der Waals surface area contributed by atoms with Crippen molar-refractivity contribution < 1.29 is 19.5 Å². The average Bonchev–Trinajstić information content (AvgIpc) is 3.54. The molecule has 0 atom stereocenters. The third kappa shape index (κ3) is 3.69. The summed E-state index contributed by atoms with van der Waals surface area (Å²) in [6.45, 7) is 0. The monoisotopic (exact) mass is 581 g/mol. The van der Waals surface area contributed by atoms with Crippen LogP contribution in [0.5, 0.6) is 0 Å². The van der Waals surface area contributed by atoms with E-state index in [4.69, 9.17) is 4.94 Å². The molecule has 0 fully saturated rings. The van der Waals surface area contributed by atoms with Crippen LogP contribution in [0.2, 0.25) is 0 Å². The van der Waals surface area contributed by atoms with Crippen molar-refractivity contribution in [3.8, 4) is 0 Å². The van der Waals surface area contributed by atoms with Crippen LogP contribution in [-0.4, -0.2) is 4.94 Å². The number of rotatable bonds is 3. The first kappa shape index (κ1) is 25.3. The summed E-state index contributed by atoms with van der Waals surface area (Å²) in [6.07, 6.45) is 7.06. The standard InChI is InChI=1S/2C13H9.C6H5.BH.2ClH.Zr/c2*1-2-6-12-10(4-1)8-9-11-5-3-7-13(11)12;1-2-4-6-5-3-1;;;;/h2*1-4,6,8-9H,5H2;1-5H;3*1H;. The van der Waals surface area contributed by atoms with Crippen LogP contribution in [0.1, 0.15) is 22.3 Å². The second-order valence-corrected chi connectivity index (χ2v) is 18.1. The van der Waals surface area contributed by atoms with Gasteiger partial charge in [0.1, 0.15) is 0 Å². The van der Waals surface area contributed by atoms with Crippen molar-refractivity contribution in [3.05, 3.63) is 138 Å². The number of benzene rings is 5. The van der Waals surface area contributed by atoms with Gasteiger partial charge in [-0.15, -0.1) is 24.8 Å². The van der Waals surface area contributed by atoms with Gasteiger partial charge in [0.25, 0.3) is 0 Å². The normalized spacial score (nSPS) is 13.9. The zero-order chi connectivity index (χ0) is 22.7. The first-order chi connectivity index (χ1) is 16.7. The molecule has 0 saturated heterocycles. The number of fused-ring (bicyclic) bond motifs is 6. The third-order valence-electron chi connectivity index (χ3n) is 7.81. The zero-order valence-electron chi connectivity index (χ0n) is 19.9. The molecule has 5 aromatic carbocycles. The Bertz CT molecular complexity index is 1630. The van der Waals surface area contributed by atoms with E-state index in [0.29, 0.717) is 0 Å². The molecule has 0 aromatic heterocycles. The summed E-state index contributed by atoms with van der Waals surface area (Å²) < 4.78 is 4.54. The summed E-state index contributed by atoms with van der Waals surface area (Å²) in [5.41, 5.74) is 5.82. The summed E-state index contributed by atoms with van der Waals surface area (Å²) >= 11 is -3.56. The van der Waals surface area contributed by atoms with Gasteiger partial charge in [-0.05, 0) is 0 Å². The van der Waals surface area contributed by atoms with E-state index in [0.717, 1.165) is 12.8 Å². The fourth-order valence-corrected chi connectivity index (χ4v) is 16.1. The van der Waals surface area contributed by atoms with E-state index in [-0.39, 0.29) is 24.8 Å². The van der Waals surface area contributed by atoms with E-state index in [9.17, 15) is 0 Å². The van der Waals surface area contributed by atoms with E-state index < -0.39 is 19.5 Å². The Hall–Kier alpha value is -2.37. The van der Waals surface area contributed by atoms with Crippen molar-refractivity contribution in [2.75, 3.05) is 0 Å². The van der Waals surface area contributed by atoms with Crippen molar-refractivity contribution in [3.63, 3.8) is 0 Å². The van der Waals surface area contributed by atoms with Gasteiger partial charge in [-0.1, -0.05) is 0 Å². The van der Waals surface area contributed by atoms with Gasteiger partial charge in [0.15, 0.2) is 0 Å². The second kappa shape index (κ2) is 9.83. The second-order valence-electron chi connectivity index (χ2n) is 9.56. The van der Waals surface area contributed by atoms with Gasteiger partial charge in [-0.2, -0.15) is 0 Å². The predicted molar refractivity (Wildman–Crippen MR) is 159 cm³/mol. The molecular formula is C32H26BCl2Zr. The first-order valence-electron chi connectivity index (χ1n) is 12.1. The van der Waals surface area contributed by atoms with E-state index in [1.807, 2.05) is 0 Å². The van der Waals surface area contributed by atoms with Gasteiger partial charge < -0.3 is 0 Å². The molecule has 0 unspecified atom stereocenters. The van der Waals surface area contributed by atoms with Gasteiger partial charge in [-0.25, -0.2) is 0 Å². The van der Waals surface area contributed by atoms with Crippen LogP contribution in [-0.2, 0) is 32.4 Å². The molecule has 36 heavy (non-hydrogen) atoms. The van der Waals surface area contributed by atoms with E-state index in [1.54, 1.807) is 6.56 Å². The van der Waals surface area contributed by atoms with Crippen LogP contribution in [0.3, 0.4) is 0 Å². The Morgan fingerprint density at radius 2 is 0.944 bits per heavy atom. The van der Waals surface area contributed by atoms with Crippen LogP contribution in [0, 0.1) is 0 Å². The molecule has 0 saturated carbocycles. The number of allylic oxidation sites excluding steroid dienone is 2. The molecule has 0 N–H and O–H groups in total. The molecule has 4 heteroatoms. The van der Waals surface area contributed by atoms with Gasteiger partial charge in [0.2, 0.25) is 0 Å². The average molecular weight is 584 g/mol. The van der Waals surface area contributed by atoms with Crippen molar-refractivity contribution >= 4 is 61.1 Å². The molecule has 2 aliphatic carbocycles. The first-order valence-corrected chi connectivity index (χ1v) is 17.5. The number of hydrogen-bond donors (Lipinski definition) is 0. The minimum absolute atomic E-state index is 0. The van der Waals surface area contributed by atoms with Gasteiger partial charge >= 0.3 is 206 Å². The van der Waals surface area contributed by atoms with Crippen molar-refractivity contribution in [1.82, 2.24) is 0 Å². The molecule has 0 nitrogen and oxygen atoms in total. The van der Waals surface area contributed by atoms with Crippen LogP contribution in [0.25, 0.3) is 28.1 Å². The van der Waals surface area contributed by atoms with Crippen LogP contribution < -0.4 is 3.27 Å². The maximum atomic E-state index is 5.29. The number of halogens is 2. The molecule has 0 bridgehead atoms. The molecule has 0 heterocycles. The molecule has 0 amide bonds. The molecule has 175 valence electrons. The maximum absolute atomic E-state index is 5.29. The van der Waals surface area contributed by atoms with Crippen LogP contribution in [0.4, 0.5) is 0 Å². The Balaban J connectivity index is 0.00000133. The summed E-state index contributed by atoms with van der Waals surface area (Å²) in [5.74, 6) is 0. The molecule has 7 rings (SSSR count). The summed E-state index contributed by atoms with van der Waals surface area (Å²) in [5, 5.41) is 5.39. The van der Waals surface area contributed by atoms with Crippen molar-refractivity contribution in [2.45, 2.75) is 12.8 Å². The topological polar surface area (TPSA) is 0 Å². The molecule has 2 aliphatic rings. The quantitative estimate of drug-likeness (QED) is 0.192. The van der Waals surface area contributed by atoms with Crippen LogP contribution >= 0.6 is 24.8 Å². The van der Waals surface area contributed by atoms with Gasteiger partial charge in [-0.3, -0.25) is 0 Å². The molecule has 0 aliphatic heterocycles. The van der Waals surface area contributed by atoms with Gasteiger partial charge in [0, 0.05) is 0 Å². The third-order valence-corrected chi connectivity index (χ3v) is 17.8. The van der Waals surface area contributed by atoms with E-state index in [2.05, 4.69) is 115 Å². The predicted octanol–water partition coefficient (Wildman–Crippen LogP) is 7.63. The summed E-state index contributed by atoms with van der Waals surface area (Å²) in [6, 6.07) is 38.2. The Morgan fingerprint density at radius 3 is 1.44 bits per heavy atom. The Morgan fingerprint density at radius 1 is 0.500 bits per heavy atom. The fraction of sp³-hybridized carbons (Fsp3) is 0.0625. The molecule has 0 radical (unpaired) electrons. The molecule has 0 spiro atoms. The van der Waals surface area contributed by atoms with E-state index >= 15 is 0 Å². The zero-order valence-corrected chi connectivity index (χ0v) is 24.0. The summed E-state index contributed by atoms with van der Waals surface area (Å²) in [7, 11) is 0. The number of hydrogen-bond acceptors (Lipinski definition) is 0. The molecule has 5 aromatic rings. The van der Waals surface area contributed by atoms with Crippen molar-refractivity contribution in [1.29, 1.82) is 0 Å². The van der Waals surface area contributed by atoms with Gasteiger partial charge in [0.05, 0.1) is 0 Å². The Labute approximate surface area is 229 Å². The van der Waals surface area contributed by atoms with Crippen molar-refractivity contribution in [2.24, 2.45) is 0 Å². The fourth-order valence-electron chi connectivity index (χ4n) is 6.19. The minimum atomic E-state index is -3.56. The summed E-state index contributed by atoms with van der Waals surface area (Å²) in [4.78, 5) is 5.29.